The van der Waals surface area contributed by atoms with Gasteiger partial charge in [0.1, 0.15) is 0 Å². The van der Waals surface area contributed by atoms with Crippen molar-refractivity contribution in [2.45, 2.75) is 6.92 Å². The molecular formula is C20H20BrN3O4S. The zero-order chi connectivity index (χ0) is 20.8. The minimum absolute atomic E-state index is 0.356. The number of aromatic nitrogens is 1. The number of hydrogen-bond donors (Lipinski definition) is 2. The fourth-order valence-corrected chi connectivity index (χ4v) is 3.50. The van der Waals surface area contributed by atoms with Gasteiger partial charge in [0.2, 0.25) is 10.9 Å². The number of hydrazine groups is 1. The van der Waals surface area contributed by atoms with Crippen LogP contribution in [0.5, 0.6) is 17.2 Å². The maximum atomic E-state index is 12.6. The summed E-state index contributed by atoms with van der Waals surface area (Å²) >= 11 is 4.81. The predicted octanol–water partition coefficient (Wildman–Crippen LogP) is 4.75. The first-order valence-corrected chi connectivity index (χ1v) is 10.4. The molecular weight excluding hydrogens is 458 g/mol. The predicted molar refractivity (Wildman–Crippen MR) is 117 cm³/mol. The van der Waals surface area contributed by atoms with Gasteiger partial charge in [0, 0.05) is 21.0 Å². The van der Waals surface area contributed by atoms with Crippen LogP contribution in [0.1, 0.15) is 17.3 Å². The fraction of sp³-hybridized carbons (Fsp3) is 0.200. The molecule has 7 nitrogen and oxygen atoms in total. The number of nitrogens with one attached hydrogen (secondary N) is 2. The second-order valence-electron chi connectivity index (χ2n) is 5.77. The molecule has 0 saturated heterocycles. The Hall–Kier alpha value is -2.78. The maximum Gasteiger partial charge on any atom is 0.269 e. The molecule has 0 aliphatic carbocycles. The monoisotopic (exact) mass is 477 g/mol. The van der Waals surface area contributed by atoms with Gasteiger partial charge in [-0.1, -0.05) is 28.1 Å². The second kappa shape index (κ2) is 9.62. The molecule has 0 saturated carbocycles. The molecule has 3 aromatic rings. The third-order valence-corrected chi connectivity index (χ3v) is 5.22. The molecule has 2 aromatic carbocycles. The summed E-state index contributed by atoms with van der Waals surface area (Å²) in [6.45, 7) is 2.31. The first kappa shape index (κ1) is 20.9. The Balaban J connectivity index is 1.72. The zero-order valence-corrected chi connectivity index (χ0v) is 18.5. The number of amides is 1. The highest BCUT2D eigenvalue weighted by atomic mass is 79.9. The van der Waals surface area contributed by atoms with E-state index in [0.717, 1.165) is 15.7 Å². The van der Waals surface area contributed by atoms with Crippen molar-refractivity contribution >= 4 is 38.3 Å². The van der Waals surface area contributed by atoms with Crippen LogP contribution in [0, 0.1) is 0 Å². The van der Waals surface area contributed by atoms with Crippen LogP contribution in [-0.2, 0) is 0 Å². The number of hydrogen-bond acceptors (Lipinski definition) is 7. The van der Waals surface area contributed by atoms with Crippen molar-refractivity contribution in [3.05, 3.63) is 51.8 Å². The van der Waals surface area contributed by atoms with E-state index in [1.807, 2.05) is 36.6 Å². The first-order chi connectivity index (χ1) is 14.0. The third-order valence-electron chi connectivity index (χ3n) is 3.94. The fourth-order valence-electron chi connectivity index (χ4n) is 2.56. The Bertz CT molecular complexity index is 967. The lowest BCUT2D eigenvalue weighted by molar-refractivity contribution is 0.0962. The van der Waals surface area contributed by atoms with Gasteiger partial charge in [-0.05, 0) is 31.2 Å². The number of halogens is 1. The summed E-state index contributed by atoms with van der Waals surface area (Å²) in [4.78, 5) is 17.1. The van der Waals surface area contributed by atoms with E-state index in [2.05, 4.69) is 31.8 Å². The summed E-state index contributed by atoms with van der Waals surface area (Å²) in [6, 6.07) is 11.0. The number of nitrogens with zero attached hydrogens (tertiary/aromatic N) is 1. The van der Waals surface area contributed by atoms with Crippen LogP contribution in [0.2, 0.25) is 0 Å². The Kier molecular flexibility index (Phi) is 6.95. The second-order valence-corrected chi connectivity index (χ2v) is 7.54. The average molecular weight is 478 g/mol. The molecule has 0 unspecified atom stereocenters. The van der Waals surface area contributed by atoms with Crippen LogP contribution >= 0.6 is 27.3 Å². The Morgan fingerprint density at radius 1 is 1.14 bits per heavy atom. The van der Waals surface area contributed by atoms with E-state index in [0.29, 0.717) is 34.6 Å². The van der Waals surface area contributed by atoms with Crippen molar-refractivity contribution in [1.29, 1.82) is 0 Å². The van der Waals surface area contributed by atoms with Crippen LogP contribution in [0.4, 0.5) is 5.13 Å². The Morgan fingerprint density at radius 2 is 1.79 bits per heavy atom. The summed E-state index contributed by atoms with van der Waals surface area (Å²) in [6.07, 6.45) is 0. The number of methoxy groups -OCH3 is 2. The lowest BCUT2D eigenvalue weighted by Crippen LogP contribution is -2.29. The number of rotatable bonds is 8. The van der Waals surface area contributed by atoms with Crippen LogP contribution in [0.15, 0.2) is 46.3 Å². The van der Waals surface area contributed by atoms with Crippen molar-refractivity contribution in [2.24, 2.45) is 0 Å². The van der Waals surface area contributed by atoms with Gasteiger partial charge >= 0.3 is 0 Å². The molecule has 0 spiro atoms. The van der Waals surface area contributed by atoms with E-state index in [-0.39, 0.29) is 5.91 Å². The van der Waals surface area contributed by atoms with Gasteiger partial charge in [-0.15, -0.1) is 11.3 Å². The standard InChI is InChI=1S/C20H20BrN3O4S/c1-4-28-18-16(26-2)9-13(10-17(18)27-3)19(25)23-24-20-22-15(11-29-20)12-5-7-14(21)8-6-12/h5-11H,4H2,1-3H3,(H,22,24)(H,23,25). The highest BCUT2D eigenvalue weighted by Gasteiger charge is 2.17. The number of anilines is 1. The van der Waals surface area contributed by atoms with E-state index >= 15 is 0 Å². The quantitative estimate of drug-likeness (QED) is 0.455. The molecule has 0 aliphatic heterocycles. The van der Waals surface area contributed by atoms with E-state index < -0.39 is 0 Å². The van der Waals surface area contributed by atoms with Crippen LogP contribution in [-0.4, -0.2) is 31.7 Å². The average Bonchev–Trinajstić information content (AvgIpc) is 3.21. The molecule has 0 fully saturated rings. The number of carbonyl (C=O) groups is 1. The summed E-state index contributed by atoms with van der Waals surface area (Å²) in [5.41, 5.74) is 7.66. The third kappa shape index (κ3) is 4.99. The van der Waals surface area contributed by atoms with Crippen LogP contribution in [0.3, 0.4) is 0 Å². The van der Waals surface area contributed by atoms with Crippen molar-refractivity contribution in [1.82, 2.24) is 10.4 Å². The molecule has 0 radical (unpaired) electrons. The van der Waals surface area contributed by atoms with Crippen molar-refractivity contribution < 1.29 is 19.0 Å². The lowest BCUT2D eigenvalue weighted by Gasteiger charge is -2.15. The van der Waals surface area contributed by atoms with E-state index in [1.54, 1.807) is 12.1 Å². The van der Waals surface area contributed by atoms with Crippen molar-refractivity contribution in [3.63, 3.8) is 0 Å². The van der Waals surface area contributed by atoms with Gasteiger partial charge in [-0.3, -0.25) is 15.6 Å². The topological polar surface area (TPSA) is 81.7 Å². The number of benzene rings is 2. The first-order valence-electron chi connectivity index (χ1n) is 8.72. The lowest BCUT2D eigenvalue weighted by atomic mass is 10.1. The molecule has 2 N–H and O–H groups in total. The van der Waals surface area contributed by atoms with E-state index in [4.69, 9.17) is 14.2 Å². The van der Waals surface area contributed by atoms with Crippen LogP contribution < -0.4 is 25.1 Å². The minimum atomic E-state index is -0.356. The molecule has 3 rings (SSSR count). The van der Waals surface area contributed by atoms with Gasteiger partial charge in [-0.2, -0.15) is 0 Å². The Labute approximate surface area is 181 Å². The van der Waals surface area contributed by atoms with Crippen LogP contribution in [0.25, 0.3) is 11.3 Å². The minimum Gasteiger partial charge on any atom is -0.493 e. The van der Waals surface area contributed by atoms with Gasteiger partial charge < -0.3 is 14.2 Å². The van der Waals surface area contributed by atoms with Crippen molar-refractivity contribution in [2.75, 3.05) is 26.3 Å². The SMILES string of the molecule is CCOc1c(OC)cc(C(=O)NNc2nc(-c3ccc(Br)cc3)cs2)cc1OC. The highest BCUT2D eigenvalue weighted by Crippen LogP contribution is 2.38. The van der Waals surface area contributed by atoms with Gasteiger partial charge in [-0.25, -0.2) is 4.98 Å². The molecule has 0 atom stereocenters. The highest BCUT2D eigenvalue weighted by molar-refractivity contribution is 9.10. The molecule has 9 heteroatoms. The number of carbonyl (C=O) groups excluding carboxylic acids is 1. The molecule has 0 bridgehead atoms. The zero-order valence-electron chi connectivity index (χ0n) is 16.1. The largest absolute Gasteiger partial charge is 0.493 e. The Morgan fingerprint density at radius 3 is 2.38 bits per heavy atom. The molecule has 0 aliphatic rings. The molecule has 29 heavy (non-hydrogen) atoms. The van der Waals surface area contributed by atoms with Crippen molar-refractivity contribution in [3.8, 4) is 28.5 Å². The number of ether oxygens (including phenoxy) is 3. The molecule has 1 heterocycles. The summed E-state index contributed by atoms with van der Waals surface area (Å²) in [7, 11) is 3.02. The van der Waals surface area contributed by atoms with E-state index in [1.165, 1.54) is 25.6 Å². The maximum absolute atomic E-state index is 12.6. The normalized spacial score (nSPS) is 10.3. The van der Waals surface area contributed by atoms with E-state index in [9.17, 15) is 4.79 Å². The van der Waals surface area contributed by atoms with Gasteiger partial charge in [0.15, 0.2) is 11.5 Å². The summed E-state index contributed by atoms with van der Waals surface area (Å²) < 4.78 is 17.2. The molecule has 1 amide bonds. The molecule has 1 aromatic heterocycles. The summed E-state index contributed by atoms with van der Waals surface area (Å²) in [5.74, 6) is 0.942. The number of thiazole rings is 1. The van der Waals surface area contributed by atoms with Gasteiger partial charge in [0.25, 0.3) is 5.91 Å². The smallest absolute Gasteiger partial charge is 0.269 e. The molecule has 152 valence electrons. The van der Waals surface area contributed by atoms with Gasteiger partial charge in [0.05, 0.1) is 26.5 Å². The summed E-state index contributed by atoms with van der Waals surface area (Å²) in [5, 5.41) is 2.49.